The number of benzene rings is 3. The number of carbonyl (C=O) groups is 5. The van der Waals surface area contributed by atoms with Crippen molar-refractivity contribution in [3.05, 3.63) is 102 Å². The number of fused-ring (bicyclic) bond motifs is 6. The number of esters is 1. The van der Waals surface area contributed by atoms with Crippen molar-refractivity contribution >= 4 is 47.2 Å². The van der Waals surface area contributed by atoms with Crippen LogP contribution in [-0.4, -0.2) is 137 Å². The van der Waals surface area contributed by atoms with E-state index in [1.807, 2.05) is 26.0 Å². The Balaban J connectivity index is 1.32. The van der Waals surface area contributed by atoms with E-state index in [1.54, 1.807) is 31.2 Å². The van der Waals surface area contributed by atoms with Gasteiger partial charge in [0.25, 0.3) is 11.9 Å². The summed E-state index contributed by atoms with van der Waals surface area (Å²) in [5, 5.41) is 16.8. The molecule has 384 valence electrons. The number of phenols is 1. The van der Waals surface area contributed by atoms with E-state index in [9.17, 15) is 24.3 Å². The fourth-order valence-electron chi connectivity index (χ4n) is 11.0. The van der Waals surface area contributed by atoms with Crippen LogP contribution in [0.1, 0.15) is 76.1 Å². The Hall–Kier alpha value is -6.58. The molecular formula is C57H74N7O8+. The van der Waals surface area contributed by atoms with E-state index in [1.165, 1.54) is 26.2 Å². The molecule has 3 aliphatic rings. The number of methoxy groups -OCH3 is 1. The summed E-state index contributed by atoms with van der Waals surface area (Å²) in [6.07, 6.45) is 3.14. The summed E-state index contributed by atoms with van der Waals surface area (Å²) in [5.41, 5.74) is 8.17. The zero-order chi connectivity index (χ0) is 52.3. The van der Waals surface area contributed by atoms with Gasteiger partial charge in [0.05, 0.1) is 37.3 Å². The standard InChI is InChI=1S/C57H73N7O8/c1-13-50(66)62-23-21-40(32-62)54(68)60(10)51(35(3)4)53(67)58-36(5)45-27-38-25-41(28-43(65)26-38)39-18-20-48-46(29-39)47(30-57(6,7)34-72-56(70)49-16-15-22-64(55(45)69)61(49)11)52(63(48)14-2)44-19-17-37(31-59(8)9)24-42(44)33-71-12/h13,17-20,24-26,28-29,35,40,45,49,51H,1,5,11,14-16,21-23,27,30-34H2,2-4,6-10,12H3,(H-,58,65,67)/p+1/t40-,45+,49-,51-/m0/s1. The SMILES string of the molecule is C=CC(=O)N1CC[C@H](C(=O)N(C)[C@H](C(=O)NC(=C)[C@H]2Cc3cc(O)cc(c3)-c3ccc4c(c3)c(c(-c3ccc(CN(C)C)cc3COC)n4CC)CC(C)(C)COC(=O)[C@@H]3CCCN(C2=O)[N+]3=C)C(C)C)C1. The van der Waals surface area contributed by atoms with Crippen molar-refractivity contribution in [2.24, 2.45) is 23.2 Å². The van der Waals surface area contributed by atoms with Crippen LogP contribution >= 0.6 is 0 Å². The number of hydrazine groups is 1. The van der Waals surface area contributed by atoms with Gasteiger partial charge in [0, 0.05) is 74.3 Å². The number of aryl methyl sites for hydroxylation is 1. The van der Waals surface area contributed by atoms with Gasteiger partial charge in [-0.2, -0.15) is 0 Å². The first-order valence-corrected chi connectivity index (χ1v) is 25.2. The van der Waals surface area contributed by atoms with Crippen molar-refractivity contribution in [3.63, 3.8) is 0 Å². The van der Waals surface area contributed by atoms with Crippen LogP contribution in [-0.2, 0) is 66.0 Å². The minimum absolute atomic E-state index is 0.00659. The average molecular weight is 985 g/mol. The van der Waals surface area contributed by atoms with Crippen molar-refractivity contribution in [1.29, 1.82) is 0 Å². The van der Waals surface area contributed by atoms with E-state index in [2.05, 4.69) is 99.9 Å². The molecule has 6 bridgehead atoms. The number of likely N-dealkylation sites (N-methyl/N-ethyl adjacent to an activating group) is 1. The zero-order valence-corrected chi connectivity index (χ0v) is 43.8. The number of cyclic esters (lactones) is 1. The number of hydrazone groups is 1. The maximum atomic E-state index is 15.1. The van der Waals surface area contributed by atoms with E-state index in [-0.39, 0.29) is 55.3 Å². The highest BCUT2D eigenvalue weighted by molar-refractivity contribution is 5.96. The third-order valence-corrected chi connectivity index (χ3v) is 14.5. The van der Waals surface area contributed by atoms with E-state index in [0.29, 0.717) is 50.9 Å². The number of hydrogen-bond acceptors (Lipinski definition) is 9. The first kappa shape index (κ1) is 53.2. The van der Waals surface area contributed by atoms with Gasteiger partial charge in [-0.15, -0.1) is 9.69 Å². The van der Waals surface area contributed by atoms with E-state index >= 15 is 4.79 Å². The molecule has 3 aliphatic heterocycles. The monoisotopic (exact) mass is 985 g/mol. The Morgan fingerprint density at radius 2 is 1.78 bits per heavy atom. The number of likely N-dealkylation sites (tertiary alicyclic amines) is 1. The third kappa shape index (κ3) is 11.2. The van der Waals surface area contributed by atoms with Crippen LogP contribution in [0.2, 0.25) is 0 Å². The summed E-state index contributed by atoms with van der Waals surface area (Å²) in [4.78, 5) is 75.1. The lowest BCUT2D eigenvalue weighted by Gasteiger charge is -2.34. The Morgan fingerprint density at radius 3 is 2.46 bits per heavy atom. The minimum atomic E-state index is -1.09. The lowest BCUT2D eigenvalue weighted by molar-refractivity contribution is -0.693. The van der Waals surface area contributed by atoms with Crippen LogP contribution in [0.4, 0.5) is 0 Å². The molecule has 0 aliphatic carbocycles. The molecule has 2 fully saturated rings. The molecule has 15 heteroatoms. The van der Waals surface area contributed by atoms with Gasteiger partial charge in [-0.25, -0.2) is 4.79 Å². The summed E-state index contributed by atoms with van der Waals surface area (Å²) in [7, 11) is 7.39. The van der Waals surface area contributed by atoms with Crippen LogP contribution in [0.5, 0.6) is 5.75 Å². The van der Waals surface area contributed by atoms with Gasteiger partial charge in [0.2, 0.25) is 17.7 Å². The molecule has 15 nitrogen and oxygen atoms in total. The summed E-state index contributed by atoms with van der Waals surface area (Å²) in [6, 6.07) is 16.3. The summed E-state index contributed by atoms with van der Waals surface area (Å²) in [5.74, 6) is -3.93. The number of ether oxygens (including phenoxy) is 2. The van der Waals surface area contributed by atoms with Crippen molar-refractivity contribution in [1.82, 2.24) is 29.6 Å². The molecule has 1 aromatic heterocycles. The maximum Gasteiger partial charge on any atom is 0.378 e. The van der Waals surface area contributed by atoms with Crippen LogP contribution in [0.25, 0.3) is 33.3 Å². The molecule has 4 heterocycles. The summed E-state index contributed by atoms with van der Waals surface area (Å²) >= 11 is 0. The number of nitrogens with zero attached hydrogens (tertiary/aromatic N) is 6. The lowest BCUT2D eigenvalue weighted by Crippen LogP contribution is -2.56. The van der Waals surface area contributed by atoms with Gasteiger partial charge in [0.1, 0.15) is 11.8 Å². The molecule has 2 saturated heterocycles. The van der Waals surface area contributed by atoms with Crippen molar-refractivity contribution < 1.29 is 43.2 Å². The normalized spacial score (nSPS) is 19.8. The second-order valence-electron chi connectivity index (χ2n) is 21.2. The van der Waals surface area contributed by atoms with Gasteiger partial charge in [-0.3, -0.25) is 19.2 Å². The number of carbonyl (C=O) groups excluding carboxylic acids is 5. The molecule has 0 saturated carbocycles. The largest absolute Gasteiger partial charge is 0.508 e. The molecule has 72 heavy (non-hydrogen) atoms. The Labute approximate surface area is 424 Å². The first-order valence-electron chi connectivity index (χ1n) is 25.2. The summed E-state index contributed by atoms with van der Waals surface area (Å²) < 4.78 is 15.8. The van der Waals surface area contributed by atoms with E-state index in [4.69, 9.17) is 9.47 Å². The molecule has 0 spiro atoms. The first-order chi connectivity index (χ1) is 34.2. The molecular weight excluding hydrogens is 911 g/mol. The predicted octanol–water partition coefficient (Wildman–Crippen LogP) is 6.96. The van der Waals surface area contributed by atoms with Crippen LogP contribution in [0.3, 0.4) is 0 Å². The number of hydrogen-bond donors (Lipinski definition) is 2. The van der Waals surface area contributed by atoms with Gasteiger partial charge in [-0.1, -0.05) is 71.2 Å². The van der Waals surface area contributed by atoms with Crippen molar-refractivity contribution in [2.45, 2.75) is 98.5 Å². The van der Waals surface area contributed by atoms with Crippen molar-refractivity contribution in [2.75, 3.05) is 54.5 Å². The minimum Gasteiger partial charge on any atom is -0.508 e. The smallest absolute Gasteiger partial charge is 0.378 e. The lowest BCUT2D eigenvalue weighted by atomic mass is 9.83. The Bertz CT molecular complexity index is 2790. The molecule has 2 N–H and O–H groups in total. The predicted molar refractivity (Wildman–Crippen MR) is 280 cm³/mol. The highest BCUT2D eigenvalue weighted by Gasteiger charge is 2.45. The van der Waals surface area contributed by atoms with Crippen LogP contribution in [0.15, 0.2) is 79.5 Å². The molecule has 4 aromatic rings. The average Bonchev–Trinajstić information content (AvgIpc) is 3.94. The van der Waals surface area contributed by atoms with Gasteiger partial charge >= 0.3 is 5.97 Å². The second kappa shape index (κ2) is 22.0. The van der Waals surface area contributed by atoms with Crippen LogP contribution < -0.4 is 5.32 Å². The highest BCUT2D eigenvalue weighted by atomic mass is 16.5. The molecule has 0 unspecified atom stereocenters. The molecule has 4 atom stereocenters. The fraction of sp³-hybridized carbons (Fsp3) is 0.474. The molecule has 7 rings (SSSR count). The Morgan fingerprint density at radius 1 is 1.03 bits per heavy atom. The fourth-order valence-corrected chi connectivity index (χ4v) is 11.0. The Kier molecular flexibility index (Phi) is 16.3. The highest BCUT2D eigenvalue weighted by Crippen LogP contribution is 2.42. The molecule has 0 radical (unpaired) electrons. The number of aromatic hydroxyl groups is 1. The molecule has 4 amide bonds. The van der Waals surface area contributed by atoms with E-state index in [0.717, 1.165) is 51.0 Å². The third-order valence-electron chi connectivity index (χ3n) is 14.5. The topological polar surface area (TPSA) is 157 Å². The number of aromatic nitrogens is 1. The zero-order valence-electron chi connectivity index (χ0n) is 43.8. The van der Waals surface area contributed by atoms with Gasteiger partial charge in [0.15, 0.2) is 6.72 Å². The summed E-state index contributed by atoms with van der Waals surface area (Å²) in [6.45, 7) is 24.9. The second-order valence-corrected chi connectivity index (χ2v) is 21.2. The quantitative estimate of drug-likeness (QED) is 0.0822. The maximum absolute atomic E-state index is 15.1. The van der Waals surface area contributed by atoms with Gasteiger partial charge in [-0.05, 0) is 116 Å². The van der Waals surface area contributed by atoms with Gasteiger partial charge < -0.3 is 39.2 Å². The number of nitrogens with one attached hydrogen (secondary N) is 1. The van der Waals surface area contributed by atoms with E-state index < -0.39 is 47.1 Å². The van der Waals surface area contributed by atoms with Crippen LogP contribution in [0, 0.1) is 23.2 Å². The van der Waals surface area contributed by atoms with Crippen molar-refractivity contribution in [3.8, 4) is 28.1 Å². The molecule has 3 aromatic carbocycles. The number of rotatable bonds is 13. The number of amides is 4. The number of phenolic OH excluding ortho intramolecular Hbond substituents is 1.